The van der Waals surface area contributed by atoms with Gasteiger partial charge in [0.2, 0.25) is 0 Å². The summed E-state index contributed by atoms with van der Waals surface area (Å²) in [7, 11) is 1.56. The van der Waals surface area contributed by atoms with E-state index in [2.05, 4.69) is 31.0 Å². The molecule has 1 aromatic heterocycles. The lowest BCUT2D eigenvalue weighted by Gasteiger charge is -2.10. The lowest BCUT2D eigenvalue weighted by atomic mass is 9.99. The molecule has 0 aliphatic rings. The number of fused-ring (bicyclic) bond motifs is 1. The Labute approximate surface area is 140 Å². The minimum Gasteiger partial charge on any atom is -0.497 e. The fourth-order valence-electron chi connectivity index (χ4n) is 2.70. The molecule has 4 nitrogen and oxygen atoms in total. The summed E-state index contributed by atoms with van der Waals surface area (Å²) >= 11 is 0. The van der Waals surface area contributed by atoms with Crippen molar-refractivity contribution in [3.63, 3.8) is 0 Å². The minimum atomic E-state index is -0.976. The zero-order valence-electron chi connectivity index (χ0n) is 13.9. The molecule has 0 saturated heterocycles. The SMILES string of the molecule is COc1ccc2nc(-c3ccc(C(C)C)cc3)cc(C(=O)O)c2c1. The van der Waals surface area contributed by atoms with E-state index in [-0.39, 0.29) is 5.56 Å². The summed E-state index contributed by atoms with van der Waals surface area (Å²) in [5.41, 5.74) is 3.66. The van der Waals surface area contributed by atoms with Gasteiger partial charge >= 0.3 is 5.97 Å². The van der Waals surface area contributed by atoms with Crippen LogP contribution in [0.5, 0.6) is 5.75 Å². The van der Waals surface area contributed by atoms with Gasteiger partial charge in [0.25, 0.3) is 0 Å². The number of aromatic nitrogens is 1. The first-order chi connectivity index (χ1) is 11.5. The molecule has 0 saturated carbocycles. The van der Waals surface area contributed by atoms with Crippen LogP contribution in [0.1, 0.15) is 35.7 Å². The number of benzene rings is 2. The van der Waals surface area contributed by atoms with E-state index >= 15 is 0 Å². The number of methoxy groups -OCH3 is 1. The van der Waals surface area contributed by atoms with Gasteiger partial charge in [-0.25, -0.2) is 9.78 Å². The third kappa shape index (κ3) is 2.95. The van der Waals surface area contributed by atoms with Gasteiger partial charge in [-0.1, -0.05) is 38.1 Å². The summed E-state index contributed by atoms with van der Waals surface area (Å²) in [5.74, 6) is 0.0854. The highest BCUT2D eigenvalue weighted by atomic mass is 16.5. The second-order valence-electron chi connectivity index (χ2n) is 6.02. The Morgan fingerprint density at radius 2 is 1.79 bits per heavy atom. The van der Waals surface area contributed by atoms with Gasteiger partial charge in [0, 0.05) is 10.9 Å². The van der Waals surface area contributed by atoms with Crippen LogP contribution in [0.25, 0.3) is 22.2 Å². The molecule has 122 valence electrons. The van der Waals surface area contributed by atoms with E-state index in [1.165, 1.54) is 5.56 Å². The standard InChI is InChI=1S/C20H19NO3/c1-12(2)13-4-6-14(7-5-13)19-11-17(20(22)23)16-10-15(24-3)8-9-18(16)21-19/h4-12H,1-3H3,(H,22,23). The van der Waals surface area contributed by atoms with Crippen molar-refractivity contribution in [2.75, 3.05) is 7.11 Å². The number of hydrogen-bond donors (Lipinski definition) is 1. The average molecular weight is 321 g/mol. The Bertz CT molecular complexity index is 899. The number of carboxylic acid groups (broad SMARTS) is 1. The number of carbonyl (C=O) groups is 1. The molecular weight excluding hydrogens is 302 g/mol. The summed E-state index contributed by atoms with van der Waals surface area (Å²) in [5, 5.41) is 10.1. The smallest absolute Gasteiger partial charge is 0.336 e. The van der Waals surface area contributed by atoms with Crippen LogP contribution in [0.2, 0.25) is 0 Å². The van der Waals surface area contributed by atoms with Gasteiger partial charge in [-0.2, -0.15) is 0 Å². The van der Waals surface area contributed by atoms with Crippen molar-refractivity contribution in [2.45, 2.75) is 19.8 Å². The molecule has 0 amide bonds. The molecule has 1 heterocycles. The monoisotopic (exact) mass is 321 g/mol. The molecule has 0 unspecified atom stereocenters. The summed E-state index contributed by atoms with van der Waals surface area (Å²) in [4.78, 5) is 16.3. The first kappa shape index (κ1) is 16.0. The van der Waals surface area contributed by atoms with Crippen molar-refractivity contribution in [3.8, 4) is 17.0 Å². The third-order valence-electron chi connectivity index (χ3n) is 4.12. The number of pyridine rings is 1. The molecule has 0 fully saturated rings. The molecule has 2 aromatic carbocycles. The number of carboxylic acids is 1. The lowest BCUT2D eigenvalue weighted by molar-refractivity contribution is 0.0699. The highest BCUT2D eigenvalue weighted by Crippen LogP contribution is 2.28. The summed E-state index contributed by atoms with van der Waals surface area (Å²) < 4.78 is 5.19. The normalized spacial score (nSPS) is 11.0. The van der Waals surface area contributed by atoms with Crippen LogP contribution in [0, 0.1) is 0 Å². The molecule has 0 aliphatic heterocycles. The second-order valence-corrected chi connectivity index (χ2v) is 6.02. The third-order valence-corrected chi connectivity index (χ3v) is 4.12. The highest BCUT2D eigenvalue weighted by molar-refractivity contribution is 6.04. The molecule has 0 aliphatic carbocycles. The molecule has 1 N–H and O–H groups in total. The Morgan fingerprint density at radius 1 is 1.08 bits per heavy atom. The molecule has 0 bridgehead atoms. The molecule has 0 atom stereocenters. The molecule has 24 heavy (non-hydrogen) atoms. The average Bonchev–Trinajstić information content (AvgIpc) is 2.60. The van der Waals surface area contributed by atoms with Crippen LogP contribution in [0.15, 0.2) is 48.5 Å². The number of rotatable bonds is 4. The Morgan fingerprint density at radius 3 is 2.38 bits per heavy atom. The predicted molar refractivity (Wildman–Crippen MR) is 94.8 cm³/mol. The number of nitrogens with zero attached hydrogens (tertiary/aromatic N) is 1. The van der Waals surface area contributed by atoms with Crippen molar-refractivity contribution in [1.29, 1.82) is 0 Å². The maximum atomic E-state index is 11.7. The topological polar surface area (TPSA) is 59.4 Å². The maximum Gasteiger partial charge on any atom is 0.336 e. The van der Waals surface area contributed by atoms with Gasteiger partial charge in [-0.15, -0.1) is 0 Å². The summed E-state index contributed by atoms with van der Waals surface area (Å²) in [6.45, 7) is 4.28. The van der Waals surface area contributed by atoms with Gasteiger partial charge in [0.15, 0.2) is 0 Å². The Kier molecular flexibility index (Phi) is 4.21. The first-order valence-corrected chi connectivity index (χ1v) is 7.82. The Balaban J connectivity index is 2.17. The van der Waals surface area contributed by atoms with Gasteiger partial charge < -0.3 is 9.84 Å². The van der Waals surface area contributed by atoms with Crippen molar-refractivity contribution >= 4 is 16.9 Å². The fourth-order valence-corrected chi connectivity index (χ4v) is 2.70. The van der Waals surface area contributed by atoms with Crippen LogP contribution in [0.3, 0.4) is 0 Å². The first-order valence-electron chi connectivity index (χ1n) is 7.82. The van der Waals surface area contributed by atoms with Crippen LogP contribution < -0.4 is 4.74 Å². The summed E-state index contributed by atoms with van der Waals surface area (Å²) in [6.07, 6.45) is 0. The number of aromatic carboxylic acids is 1. The van der Waals surface area contributed by atoms with Crippen molar-refractivity contribution in [3.05, 3.63) is 59.7 Å². The van der Waals surface area contributed by atoms with Crippen LogP contribution in [-0.4, -0.2) is 23.2 Å². The van der Waals surface area contributed by atoms with Gasteiger partial charge in [-0.05, 0) is 35.7 Å². The molecule has 0 radical (unpaired) electrons. The van der Waals surface area contributed by atoms with Crippen molar-refractivity contribution in [1.82, 2.24) is 4.98 Å². The molecule has 0 spiro atoms. The van der Waals surface area contributed by atoms with E-state index < -0.39 is 5.97 Å². The largest absolute Gasteiger partial charge is 0.497 e. The number of hydrogen-bond acceptors (Lipinski definition) is 3. The zero-order valence-corrected chi connectivity index (χ0v) is 13.9. The molecule has 3 rings (SSSR count). The minimum absolute atomic E-state index is 0.224. The Hall–Kier alpha value is -2.88. The van der Waals surface area contributed by atoms with Crippen LogP contribution >= 0.6 is 0 Å². The highest BCUT2D eigenvalue weighted by Gasteiger charge is 2.14. The molecule has 4 heteroatoms. The maximum absolute atomic E-state index is 11.7. The fraction of sp³-hybridized carbons (Fsp3) is 0.200. The second kappa shape index (κ2) is 6.32. The zero-order chi connectivity index (χ0) is 17.3. The van der Waals surface area contributed by atoms with Crippen molar-refractivity contribution in [2.24, 2.45) is 0 Å². The molecular formula is C20H19NO3. The van der Waals surface area contributed by atoms with E-state index in [0.29, 0.717) is 28.3 Å². The predicted octanol–water partition coefficient (Wildman–Crippen LogP) is 4.73. The lowest BCUT2D eigenvalue weighted by Crippen LogP contribution is -2.01. The van der Waals surface area contributed by atoms with Gasteiger partial charge in [-0.3, -0.25) is 0 Å². The van der Waals surface area contributed by atoms with E-state index in [0.717, 1.165) is 5.56 Å². The van der Waals surface area contributed by atoms with Crippen molar-refractivity contribution < 1.29 is 14.6 Å². The van der Waals surface area contributed by atoms with Crippen LogP contribution in [0.4, 0.5) is 0 Å². The summed E-state index contributed by atoms with van der Waals surface area (Å²) in [6, 6.07) is 15.0. The quantitative estimate of drug-likeness (QED) is 0.754. The van der Waals surface area contributed by atoms with Gasteiger partial charge in [0.1, 0.15) is 5.75 Å². The number of ether oxygens (including phenoxy) is 1. The van der Waals surface area contributed by atoms with Crippen LogP contribution in [-0.2, 0) is 0 Å². The van der Waals surface area contributed by atoms with E-state index in [9.17, 15) is 9.90 Å². The molecule has 3 aromatic rings. The van der Waals surface area contributed by atoms with Gasteiger partial charge in [0.05, 0.1) is 23.9 Å². The van der Waals surface area contributed by atoms with E-state index in [1.807, 2.05) is 12.1 Å². The van der Waals surface area contributed by atoms with E-state index in [1.54, 1.807) is 31.4 Å². The van der Waals surface area contributed by atoms with E-state index in [4.69, 9.17) is 4.74 Å².